The van der Waals surface area contributed by atoms with E-state index in [1.54, 1.807) is 42.1 Å². The lowest BCUT2D eigenvalue weighted by Crippen LogP contribution is -2.22. The van der Waals surface area contributed by atoms with E-state index in [1.807, 2.05) is 13.0 Å². The summed E-state index contributed by atoms with van der Waals surface area (Å²) in [6.07, 6.45) is 0. The first-order valence-electron chi connectivity index (χ1n) is 8.20. The Morgan fingerprint density at radius 2 is 2.04 bits per heavy atom. The monoisotopic (exact) mass is 404 g/mol. The Morgan fingerprint density at radius 3 is 2.78 bits per heavy atom. The van der Waals surface area contributed by atoms with Crippen LogP contribution >= 0.6 is 23.1 Å². The van der Waals surface area contributed by atoms with E-state index in [-0.39, 0.29) is 16.9 Å². The molecule has 0 atom stereocenters. The van der Waals surface area contributed by atoms with Gasteiger partial charge in [-0.1, -0.05) is 30.4 Å². The van der Waals surface area contributed by atoms with Crippen molar-refractivity contribution in [2.75, 3.05) is 12.9 Å². The van der Waals surface area contributed by atoms with Crippen molar-refractivity contribution >= 4 is 45.2 Å². The molecule has 0 aliphatic heterocycles. The molecule has 0 spiro atoms. The highest BCUT2D eigenvalue weighted by Gasteiger charge is 2.15. The van der Waals surface area contributed by atoms with Crippen molar-refractivity contribution in [1.82, 2.24) is 4.57 Å². The Labute approximate surface area is 163 Å². The number of para-hydroxylation sites is 1. The number of carbonyl (C=O) groups is 2. The Bertz CT molecular complexity index is 1070. The summed E-state index contributed by atoms with van der Waals surface area (Å²) in [6, 6.07) is 11.8. The molecular formula is C19H17FN2O3S2. The van der Waals surface area contributed by atoms with Crippen molar-refractivity contribution in [3.05, 3.63) is 58.6 Å². The summed E-state index contributed by atoms with van der Waals surface area (Å²) in [4.78, 5) is 29.8. The van der Waals surface area contributed by atoms with Gasteiger partial charge in [-0.15, -0.1) is 11.8 Å². The molecule has 0 fully saturated rings. The lowest BCUT2D eigenvalue weighted by Gasteiger charge is -2.04. The molecule has 0 saturated carbocycles. The molecule has 0 aliphatic rings. The number of hydrogen-bond donors (Lipinski definition) is 0. The minimum Gasteiger partial charge on any atom is -0.468 e. The second-order valence-corrected chi connectivity index (χ2v) is 7.86. The molecule has 1 amide bonds. The molecule has 1 heterocycles. The van der Waals surface area contributed by atoms with Gasteiger partial charge in [-0.25, -0.2) is 4.39 Å². The van der Waals surface area contributed by atoms with Crippen molar-refractivity contribution in [3.63, 3.8) is 0 Å². The molecule has 0 saturated heterocycles. The van der Waals surface area contributed by atoms with E-state index in [2.05, 4.69) is 4.99 Å². The molecule has 27 heavy (non-hydrogen) atoms. The van der Waals surface area contributed by atoms with Gasteiger partial charge in [0, 0.05) is 10.5 Å². The summed E-state index contributed by atoms with van der Waals surface area (Å²) in [6.45, 7) is 1.81. The summed E-state index contributed by atoms with van der Waals surface area (Å²) in [5.74, 6) is -0.584. The van der Waals surface area contributed by atoms with Gasteiger partial charge in [-0.05, 0) is 36.1 Å². The number of methoxy groups -OCH3 is 1. The van der Waals surface area contributed by atoms with Crippen LogP contribution in [0.15, 0.2) is 52.4 Å². The number of thioether (sulfide) groups is 1. The maximum Gasteiger partial charge on any atom is 0.325 e. The van der Waals surface area contributed by atoms with Crippen molar-refractivity contribution in [2.24, 2.45) is 4.99 Å². The maximum atomic E-state index is 14.3. The molecule has 1 aromatic heterocycles. The summed E-state index contributed by atoms with van der Waals surface area (Å²) >= 11 is 2.78. The van der Waals surface area contributed by atoms with E-state index < -0.39 is 17.7 Å². The van der Waals surface area contributed by atoms with E-state index in [1.165, 1.54) is 17.7 Å². The van der Waals surface area contributed by atoms with Gasteiger partial charge >= 0.3 is 5.97 Å². The number of ether oxygens (including phenoxy) is 1. The van der Waals surface area contributed by atoms with Gasteiger partial charge in [0.05, 0.1) is 17.3 Å². The Hall–Kier alpha value is -2.45. The van der Waals surface area contributed by atoms with Crippen LogP contribution in [0.25, 0.3) is 10.2 Å². The first-order valence-corrected chi connectivity index (χ1v) is 10.00. The predicted molar refractivity (Wildman–Crippen MR) is 105 cm³/mol. The van der Waals surface area contributed by atoms with E-state index in [0.717, 1.165) is 22.0 Å². The number of hydrogen-bond acceptors (Lipinski definition) is 5. The lowest BCUT2D eigenvalue weighted by atomic mass is 10.2. The number of thiazole rings is 1. The SMILES string of the molecule is CCSc1cccc(C(=O)N=c2sc3cccc(F)c3n2CC(=O)OC)c1. The van der Waals surface area contributed by atoms with E-state index in [0.29, 0.717) is 10.3 Å². The summed E-state index contributed by atoms with van der Waals surface area (Å²) in [5, 5.41) is 0. The fraction of sp³-hybridized carbons (Fsp3) is 0.211. The van der Waals surface area contributed by atoms with Gasteiger partial charge < -0.3 is 9.30 Å². The van der Waals surface area contributed by atoms with Gasteiger partial charge in [0.15, 0.2) is 4.80 Å². The number of aromatic nitrogens is 1. The Morgan fingerprint density at radius 1 is 1.26 bits per heavy atom. The third-order valence-electron chi connectivity index (χ3n) is 3.76. The zero-order valence-electron chi connectivity index (χ0n) is 14.8. The highest BCUT2D eigenvalue weighted by atomic mass is 32.2. The smallest absolute Gasteiger partial charge is 0.325 e. The number of carbonyl (C=O) groups excluding carboxylic acids is 2. The average molecular weight is 404 g/mol. The van der Waals surface area contributed by atoms with Crippen molar-refractivity contribution < 1.29 is 18.7 Å². The molecule has 0 unspecified atom stereocenters. The Kier molecular flexibility index (Phi) is 6.08. The number of benzene rings is 2. The predicted octanol–water partition coefficient (Wildman–Crippen LogP) is 3.87. The molecule has 0 bridgehead atoms. The minimum atomic E-state index is -0.548. The van der Waals surface area contributed by atoms with E-state index in [4.69, 9.17) is 4.74 Å². The van der Waals surface area contributed by atoms with E-state index in [9.17, 15) is 14.0 Å². The number of halogens is 1. The van der Waals surface area contributed by atoms with Crippen LogP contribution in [0.5, 0.6) is 0 Å². The highest BCUT2D eigenvalue weighted by molar-refractivity contribution is 7.99. The van der Waals surface area contributed by atoms with E-state index >= 15 is 0 Å². The molecule has 5 nitrogen and oxygen atoms in total. The molecule has 0 radical (unpaired) electrons. The van der Waals surface area contributed by atoms with Gasteiger partial charge in [-0.2, -0.15) is 4.99 Å². The summed E-state index contributed by atoms with van der Waals surface area (Å²) in [7, 11) is 1.26. The normalized spacial score (nSPS) is 11.7. The summed E-state index contributed by atoms with van der Waals surface area (Å²) < 4.78 is 21.0. The van der Waals surface area contributed by atoms with Crippen LogP contribution in [0, 0.1) is 5.82 Å². The molecular weight excluding hydrogens is 387 g/mol. The lowest BCUT2D eigenvalue weighted by molar-refractivity contribution is -0.141. The molecule has 2 aromatic carbocycles. The van der Waals surface area contributed by atoms with Crippen LogP contribution in [-0.4, -0.2) is 29.3 Å². The number of amides is 1. The zero-order valence-corrected chi connectivity index (χ0v) is 16.4. The second-order valence-electron chi connectivity index (χ2n) is 5.51. The van der Waals surface area contributed by atoms with Crippen LogP contribution in [0.3, 0.4) is 0 Å². The van der Waals surface area contributed by atoms with Crippen molar-refractivity contribution in [3.8, 4) is 0 Å². The number of esters is 1. The first kappa shape index (κ1) is 19.3. The van der Waals surface area contributed by atoms with Crippen LogP contribution in [-0.2, 0) is 16.1 Å². The fourth-order valence-corrected chi connectivity index (χ4v) is 4.31. The third kappa shape index (κ3) is 4.28. The second kappa shape index (κ2) is 8.49. The zero-order chi connectivity index (χ0) is 19.4. The minimum absolute atomic E-state index is 0.227. The fourth-order valence-electron chi connectivity index (χ4n) is 2.55. The quantitative estimate of drug-likeness (QED) is 0.478. The molecule has 8 heteroatoms. The largest absolute Gasteiger partial charge is 0.468 e. The standard InChI is InChI=1S/C19H17FN2O3S2/c1-3-26-13-7-4-6-12(10-13)18(24)21-19-22(11-16(23)25-2)17-14(20)8-5-9-15(17)27-19/h4-10H,3,11H2,1-2H3. The molecule has 0 N–H and O–H groups in total. The Balaban J connectivity index is 2.11. The third-order valence-corrected chi connectivity index (χ3v) is 5.68. The average Bonchev–Trinajstić information content (AvgIpc) is 3.00. The topological polar surface area (TPSA) is 60.7 Å². The number of nitrogens with zero attached hydrogens (tertiary/aromatic N) is 2. The molecule has 3 rings (SSSR count). The highest BCUT2D eigenvalue weighted by Crippen LogP contribution is 2.21. The summed E-state index contributed by atoms with van der Waals surface area (Å²) in [5.41, 5.74) is 0.672. The number of fused-ring (bicyclic) bond motifs is 1. The van der Waals surface area contributed by atoms with Crippen molar-refractivity contribution in [1.29, 1.82) is 0 Å². The molecule has 3 aromatic rings. The van der Waals surface area contributed by atoms with Crippen LogP contribution in [0.2, 0.25) is 0 Å². The molecule has 140 valence electrons. The van der Waals surface area contributed by atoms with Crippen LogP contribution in [0.1, 0.15) is 17.3 Å². The van der Waals surface area contributed by atoms with Gasteiger partial charge in [0.25, 0.3) is 5.91 Å². The van der Waals surface area contributed by atoms with Crippen LogP contribution < -0.4 is 4.80 Å². The van der Waals surface area contributed by atoms with Gasteiger partial charge in [0.1, 0.15) is 12.4 Å². The van der Waals surface area contributed by atoms with Gasteiger partial charge in [0.2, 0.25) is 0 Å². The van der Waals surface area contributed by atoms with Gasteiger partial charge in [-0.3, -0.25) is 9.59 Å². The number of rotatable bonds is 5. The van der Waals surface area contributed by atoms with Crippen molar-refractivity contribution in [2.45, 2.75) is 18.4 Å². The van der Waals surface area contributed by atoms with Crippen LogP contribution in [0.4, 0.5) is 4.39 Å². The maximum absolute atomic E-state index is 14.3. The molecule has 0 aliphatic carbocycles. The first-order chi connectivity index (χ1) is 13.0.